The zero-order valence-electron chi connectivity index (χ0n) is 16.3. The van der Waals surface area contributed by atoms with E-state index in [1.165, 1.54) is 0 Å². The highest BCUT2D eigenvalue weighted by atomic mass is 32.2. The van der Waals surface area contributed by atoms with Gasteiger partial charge >= 0.3 is 0 Å². The first kappa shape index (κ1) is 19.7. The number of allylic oxidation sites excluding steroid dienone is 3. The van der Waals surface area contributed by atoms with E-state index in [1.807, 2.05) is 39.9 Å². The molecule has 2 aromatic heterocycles. The Morgan fingerprint density at radius 2 is 2.07 bits per heavy atom. The van der Waals surface area contributed by atoms with Gasteiger partial charge in [-0.05, 0) is 12.1 Å². The van der Waals surface area contributed by atoms with Crippen molar-refractivity contribution in [1.29, 1.82) is 0 Å². The van der Waals surface area contributed by atoms with Crippen LogP contribution in [0.15, 0.2) is 54.6 Å². The molecule has 0 bridgehead atoms. The van der Waals surface area contributed by atoms with Crippen molar-refractivity contribution in [3.63, 3.8) is 0 Å². The molecule has 1 saturated heterocycles. The van der Waals surface area contributed by atoms with Crippen molar-refractivity contribution in [3.8, 4) is 0 Å². The van der Waals surface area contributed by atoms with Gasteiger partial charge < -0.3 is 9.64 Å². The Morgan fingerprint density at radius 3 is 2.76 bits per heavy atom. The monoisotopic (exact) mass is 408 g/mol. The normalized spacial score (nSPS) is 16.5. The second-order valence-corrected chi connectivity index (χ2v) is 7.87. The number of nitrogens with zero attached hydrogens (tertiary/aromatic N) is 4. The zero-order chi connectivity index (χ0) is 20.2. The Balaban J connectivity index is 1.73. The summed E-state index contributed by atoms with van der Waals surface area (Å²) in [5.41, 5.74) is 4.48. The summed E-state index contributed by atoms with van der Waals surface area (Å²) >= 11 is 1.67. The highest BCUT2D eigenvalue weighted by molar-refractivity contribution is 8.02. The summed E-state index contributed by atoms with van der Waals surface area (Å²) in [6, 6.07) is 5.89. The molecule has 4 heterocycles. The van der Waals surface area contributed by atoms with Crippen molar-refractivity contribution in [2.75, 3.05) is 26.3 Å². The summed E-state index contributed by atoms with van der Waals surface area (Å²) < 4.78 is 7.33. The van der Waals surface area contributed by atoms with Crippen LogP contribution < -0.4 is 0 Å². The van der Waals surface area contributed by atoms with Crippen LogP contribution in [0.2, 0.25) is 0 Å². The summed E-state index contributed by atoms with van der Waals surface area (Å²) in [6.07, 6.45) is 6.22. The van der Waals surface area contributed by atoms with E-state index < -0.39 is 0 Å². The minimum absolute atomic E-state index is 0.0211. The van der Waals surface area contributed by atoms with E-state index >= 15 is 0 Å². The number of morpholine rings is 1. The molecule has 6 nitrogen and oxygen atoms in total. The lowest BCUT2D eigenvalue weighted by Gasteiger charge is -2.26. The van der Waals surface area contributed by atoms with Crippen LogP contribution in [0.3, 0.4) is 0 Å². The molecule has 7 heteroatoms. The molecule has 0 aliphatic carbocycles. The maximum Gasteiger partial charge on any atom is 0.274 e. The third-order valence-electron chi connectivity index (χ3n) is 5.14. The van der Waals surface area contributed by atoms with Gasteiger partial charge in [-0.15, -0.1) is 11.8 Å². The highest BCUT2D eigenvalue weighted by Gasteiger charge is 2.31. The first-order valence-electron chi connectivity index (χ1n) is 9.72. The number of rotatable bonds is 6. The molecule has 4 rings (SSSR count). The molecule has 150 valence electrons. The lowest BCUT2D eigenvalue weighted by molar-refractivity contribution is 0.0298. The Kier molecular flexibility index (Phi) is 5.97. The molecular formula is C22H24N4O2S. The van der Waals surface area contributed by atoms with Crippen LogP contribution in [0.25, 0.3) is 5.57 Å². The summed E-state index contributed by atoms with van der Waals surface area (Å²) in [6.45, 7) is 10.9. The van der Waals surface area contributed by atoms with Gasteiger partial charge in [0.2, 0.25) is 0 Å². The average Bonchev–Trinajstić information content (AvgIpc) is 3.16. The van der Waals surface area contributed by atoms with E-state index in [4.69, 9.17) is 9.84 Å². The number of hydrogen-bond donors (Lipinski definition) is 0. The van der Waals surface area contributed by atoms with Gasteiger partial charge in [0.25, 0.3) is 5.91 Å². The summed E-state index contributed by atoms with van der Waals surface area (Å²) in [7, 11) is 0. The van der Waals surface area contributed by atoms with Gasteiger partial charge in [0.05, 0.1) is 18.9 Å². The summed E-state index contributed by atoms with van der Waals surface area (Å²) in [5.74, 6) is 0.676. The quantitative estimate of drug-likeness (QED) is 0.734. The van der Waals surface area contributed by atoms with Gasteiger partial charge in [0, 0.05) is 59.7 Å². The third kappa shape index (κ3) is 3.93. The van der Waals surface area contributed by atoms with Gasteiger partial charge in [-0.1, -0.05) is 31.4 Å². The fourth-order valence-electron chi connectivity index (χ4n) is 3.66. The SMILES string of the molecule is C=CC1=C(C=C)c2c(c(C(=O)N3CCOCC3)nn2CCc2ccccn2)CS1. The van der Waals surface area contributed by atoms with Crippen molar-refractivity contribution in [1.82, 2.24) is 19.7 Å². The third-order valence-corrected chi connectivity index (χ3v) is 6.27. The van der Waals surface area contributed by atoms with Gasteiger partial charge in [0.1, 0.15) is 0 Å². The van der Waals surface area contributed by atoms with Gasteiger partial charge in [0.15, 0.2) is 5.69 Å². The number of amides is 1. The smallest absolute Gasteiger partial charge is 0.274 e. The molecule has 0 aromatic carbocycles. The lowest BCUT2D eigenvalue weighted by Crippen LogP contribution is -2.41. The number of ether oxygens (including phenoxy) is 1. The van der Waals surface area contributed by atoms with Crippen LogP contribution in [0.5, 0.6) is 0 Å². The number of pyridine rings is 1. The zero-order valence-corrected chi connectivity index (χ0v) is 17.2. The van der Waals surface area contributed by atoms with Gasteiger partial charge in [-0.2, -0.15) is 5.10 Å². The van der Waals surface area contributed by atoms with E-state index in [2.05, 4.69) is 18.1 Å². The number of hydrogen-bond acceptors (Lipinski definition) is 5. The highest BCUT2D eigenvalue weighted by Crippen LogP contribution is 2.40. The lowest BCUT2D eigenvalue weighted by atomic mass is 10.0. The van der Waals surface area contributed by atoms with Crippen molar-refractivity contribution in [3.05, 3.63) is 77.3 Å². The molecule has 0 unspecified atom stereocenters. The number of thioether (sulfide) groups is 1. The second kappa shape index (κ2) is 8.80. The Morgan fingerprint density at radius 1 is 1.24 bits per heavy atom. The first-order chi connectivity index (χ1) is 14.2. The summed E-state index contributed by atoms with van der Waals surface area (Å²) in [5, 5.41) is 4.78. The van der Waals surface area contributed by atoms with Crippen LogP contribution in [0.1, 0.15) is 27.4 Å². The first-order valence-corrected chi connectivity index (χ1v) is 10.7. The van der Waals surface area contributed by atoms with Crippen LogP contribution in [-0.4, -0.2) is 51.9 Å². The molecule has 0 atom stereocenters. The number of carbonyl (C=O) groups excluding carboxylic acids is 1. The van der Waals surface area contributed by atoms with E-state index in [-0.39, 0.29) is 5.91 Å². The van der Waals surface area contributed by atoms with E-state index in [9.17, 15) is 4.79 Å². The van der Waals surface area contributed by atoms with Crippen molar-refractivity contribution in [2.45, 2.75) is 18.7 Å². The molecule has 0 radical (unpaired) electrons. The largest absolute Gasteiger partial charge is 0.378 e. The Hall–Kier alpha value is -2.64. The second-order valence-electron chi connectivity index (χ2n) is 6.85. The molecule has 2 aliphatic rings. The van der Waals surface area contributed by atoms with Crippen LogP contribution in [-0.2, 0) is 23.5 Å². The van der Waals surface area contributed by atoms with E-state index in [1.54, 1.807) is 18.0 Å². The van der Waals surface area contributed by atoms with Gasteiger partial charge in [-0.25, -0.2) is 0 Å². The predicted octanol–water partition coefficient (Wildman–Crippen LogP) is 3.32. The average molecular weight is 409 g/mol. The van der Waals surface area contributed by atoms with Crippen molar-refractivity contribution >= 4 is 23.2 Å². The van der Waals surface area contributed by atoms with E-state index in [0.29, 0.717) is 44.3 Å². The van der Waals surface area contributed by atoms with Gasteiger partial charge in [-0.3, -0.25) is 14.5 Å². The molecule has 0 N–H and O–H groups in total. The van der Waals surface area contributed by atoms with Crippen LogP contribution >= 0.6 is 11.8 Å². The topological polar surface area (TPSA) is 60.3 Å². The van der Waals surface area contributed by atoms with E-state index in [0.717, 1.165) is 33.9 Å². The van der Waals surface area contributed by atoms with Crippen LogP contribution in [0, 0.1) is 0 Å². The molecule has 2 aliphatic heterocycles. The maximum atomic E-state index is 13.2. The van der Waals surface area contributed by atoms with Crippen molar-refractivity contribution in [2.24, 2.45) is 0 Å². The summed E-state index contributed by atoms with van der Waals surface area (Å²) in [4.78, 5) is 20.5. The van der Waals surface area contributed by atoms with Crippen molar-refractivity contribution < 1.29 is 9.53 Å². The molecule has 1 amide bonds. The van der Waals surface area contributed by atoms with Crippen LogP contribution in [0.4, 0.5) is 0 Å². The Bertz CT molecular complexity index is 959. The molecule has 29 heavy (non-hydrogen) atoms. The number of carbonyl (C=O) groups is 1. The number of fused-ring (bicyclic) bond motifs is 1. The fraction of sp³-hybridized carbons (Fsp3) is 0.318. The number of aromatic nitrogens is 3. The predicted molar refractivity (Wildman–Crippen MR) is 115 cm³/mol. The molecule has 2 aromatic rings. The minimum atomic E-state index is -0.0211. The number of aryl methyl sites for hydroxylation is 2. The molecule has 1 fully saturated rings. The molecule has 0 saturated carbocycles. The molecule has 0 spiro atoms. The minimum Gasteiger partial charge on any atom is -0.378 e. The standard InChI is InChI=1S/C22H24N4O2S/c1-3-17-19(4-2)29-15-18-20(22(27)25-11-13-28-14-12-25)24-26(21(17)18)10-8-16-7-5-6-9-23-16/h3-7,9H,1-2,8,10-15H2. The Labute approximate surface area is 175 Å². The maximum absolute atomic E-state index is 13.2. The molecular weight excluding hydrogens is 384 g/mol. The fourth-order valence-corrected chi connectivity index (χ4v) is 4.69.